The molecule has 1 amide bonds. The number of hydrogen-bond donors (Lipinski definition) is 1. The maximum absolute atomic E-state index is 12.3. The lowest BCUT2D eigenvalue weighted by molar-refractivity contribution is -0.0493. The van der Waals surface area contributed by atoms with E-state index >= 15 is 0 Å². The highest BCUT2D eigenvalue weighted by molar-refractivity contribution is 6.06. The van der Waals surface area contributed by atoms with Crippen LogP contribution in [0.4, 0.5) is 14.5 Å². The van der Waals surface area contributed by atoms with Crippen molar-refractivity contribution in [3.63, 3.8) is 0 Å². The Labute approximate surface area is 113 Å². The molecule has 1 N–H and O–H groups in total. The number of alkyl halides is 2. The number of carbonyl (C=O) groups is 1. The van der Waals surface area contributed by atoms with Crippen LogP contribution in [0.15, 0.2) is 28.8 Å². The average molecular weight is 282 g/mol. The molecule has 0 radical (unpaired) electrons. The van der Waals surface area contributed by atoms with Crippen LogP contribution in [0.2, 0.25) is 0 Å². The molecule has 1 aromatic heterocycles. The lowest BCUT2D eigenvalue weighted by Gasteiger charge is -2.11. The Balaban J connectivity index is 2.24. The van der Waals surface area contributed by atoms with E-state index in [4.69, 9.17) is 4.52 Å². The fraction of sp³-hybridized carbons (Fsp3) is 0.231. The summed E-state index contributed by atoms with van der Waals surface area (Å²) in [4.78, 5) is 12.1. The molecule has 106 valence electrons. The summed E-state index contributed by atoms with van der Waals surface area (Å²) >= 11 is 0. The predicted molar refractivity (Wildman–Crippen MR) is 67.0 cm³/mol. The molecular formula is C13H12F2N2O3. The standard InChI is InChI=1S/C13H12F2N2O3/c1-7-11(8(2)20-17-7)12(18)16-9-5-3-4-6-10(9)19-13(14)15/h3-6,13H,1-2H3,(H,16,18). The van der Waals surface area contributed by atoms with Crippen molar-refractivity contribution in [2.75, 3.05) is 5.32 Å². The predicted octanol–water partition coefficient (Wildman–Crippen LogP) is 3.15. The van der Waals surface area contributed by atoms with E-state index in [2.05, 4.69) is 15.2 Å². The third-order valence-electron chi connectivity index (χ3n) is 2.61. The van der Waals surface area contributed by atoms with Gasteiger partial charge in [-0.3, -0.25) is 4.79 Å². The molecule has 1 heterocycles. The molecule has 7 heteroatoms. The molecule has 0 saturated heterocycles. The summed E-state index contributed by atoms with van der Waals surface area (Å²) in [7, 11) is 0. The highest BCUT2D eigenvalue weighted by Gasteiger charge is 2.19. The molecule has 0 aliphatic rings. The van der Waals surface area contributed by atoms with Gasteiger partial charge in [0.15, 0.2) is 0 Å². The number of nitrogens with zero attached hydrogens (tertiary/aromatic N) is 1. The summed E-state index contributed by atoms with van der Waals surface area (Å²) in [5.74, 6) is -0.249. The number of rotatable bonds is 4. The minimum Gasteiger partial charge on any atom is -0.433 e. The summed E-state index contributed by atoms with van der Waals surface area (Å²) in [6.45, 7) is 0.246. The summed E-state index contributed by atoms with van der Waals surface area (Å²) in [6.07, 6.45) is 0. The first kappa shape index (κ1) is 14.0. The van der Waals surface area contributed by atoms with Gasteiger partial charge in [-0.1, -0.05) is 17.3 Å². The fourth-order valence-electron chi connectivity index (χ4n) is 1.76. The van der Waals surface area contributed by atoms with Crippen LogP contribution < -0.4 is 10.1 Å². The first-order valence-corrected chi connectivity index (χ1v) is 5.77. The quantitative estimate of drug-likeness (QED) is 0.935. The van der Waals surface area contributed by atoms with Crippen LogP contribution >= 0.6 is 0 Å². The van der Waals surface area contributed by atoms with Gasteiger partial charge < -0.3 is 14.6 Å². The largest absolute Gasteiger partial charge is 0.433 e. The number of aryl methyl sites for hydroxylation is 2. The second-order valence-corrected chi connectivity index (χ2v) is 4.03. The third-order valence-corrected chi connectivity index (χ3v) is 2.61. The summed E-state index contributed by atoms with van der Waals surface area (Å²) in [5.41, 5.74) is 0.849. The van der Waals surface area contributed by atoms with E-state index in [1.807, 2.05) is 0 Å². The average Bonchev–Trinajstić information content (AvgIpc) is 2.71. The highest BCUT2D eigenvalue weighted by atomic mass is 19.3. The smallest absolute Gasteiger partial charge is 0.387 e. The van der Waals surface area contributed by atoms with E-state index in [-0.39, 0.29) is 17.0 Å². The number of hydrogen-bond acceptors (Lipinski definition) is 4. The van der Waals surface area contributed by atoms with Crippen LogP contribution in [0, 0.1) is 13.8 Å². The zero-order valence-electron chi connectivity index (χ0n) is 10.8. The Kier molecular flexibility index (Phi) is 3.97. The SMILES string of the molecule is Cc1noc(C)c1C(=O)Nc1ccccc1OC(F)F. The molecule has 0 aliphatic carbocycles. The molecule has 0 spiro atoms. The van der Waals surface area contributed by atoms with E-state index < -0.39 is 12.5 Å². The second-order valence-electron chi connectivity index (χ2n) is 4.03. The van der Waals surface area contributed by atoms with Crippen molar-refractivity contribution in [3.8, 4) is 5.75 Å². The Hall–Kier alpha value is -2.44. The van der Waals surface area contributed by atoms with E-state index in [9.17, 15) is 13.6 Å². The molecule has 0 unspecified atom stereocenters. The molecule has 1 aromatic carbocycles. The summed E-state index contributed by atoms with van der Waals surface area (Å²) in [5, 5.41) is 6.17. The molecule has 0 fully saturated rings. The Morgan fingerprint density at radius 3 is 2.65 bits per heavy atom. The zero-order chi connectivity index (χ0) is 14.7. The van der Waals surface area contributed by atoms with Crippen LogP contribution in [0.3, 0.4) is 0 Å². The lowest BCUT2D eigenvalue weighted by Crippen LogP contribution is -2.15. The summed E-state index contributed by atoms with van der Waals surface area (Å²) < 4.78 is 33.8. The first-order chi connectivity index (χ1) is 9.49. The topological polar surface area (TPSA) is 64.4 Å². The third kappa shape index (κ3) is 2.93. The number of aromatic nitrogens is 1. The number of benzene rings is 1. The highest BCUT2D eigenvalue weighted by Crippen LogP contribution is 2.26. The van der Waals surface area contributed by atoms with Crippen molar-refractivity contribution < 1.29 is 22.8 Å². The van der Waals surface area contributed by atoms with Crippen molar-refractivity contribution in [1.29, 1.82) is 0 Å². The van der Waals surface area contributed by atoms with Crippen molar-refractivity contribution in [3.05, 3.63) is 41.3 Å². The van der Waals surface area contributed by atoms with Crippen molar-refractivity contribution >= 4 is 11.6 Å². The molecule has 0 atom stereocenters. The number of ether oxygens (including phenoxy) is 1. The maximum Gasteiger partial charge on any atom is 0.387 e. The molecule has 0 saturated carbocycles. The van der Waals surface area contributed by atoms with Gasteiger partial charge in [-0.2, -0.15) is 8.78 Å². The number of carbonyl (C=O) groups excluding carboxylic acids is 1. The number of halogens is 2. The van der Waals surface area contributed by atoms with Crippen LogP contribution in [-0.2, 0) is 0 Å². The fourth-order valence-corrected chi connectivity index (χ4v) is 1.76. The molecule has 5 nitrogen and oxygen atoms in total. The van der Waals surface area contributed by atoms with Crippen molar-refractivity contribution in [2.45, 2.75) is 20.5 Å². The van der Waals surface area contributed by atoms with Crippen molar-refractivity contribution in [2.24, 2.45) is 0 Å². The monoisotopic (exact) mass is 282 g/mol. The van der Waals surface area contributed by atoms with Crippen molar-refractivity contribution in [1.82, 2.24) is 5.16 Å². The molecule has 0 aliphatic heterocycles. The second kappa shape index (κ2) is 5.68. The van der Waals surface area contributed by atoms with Crippen LogP contribution in [0.25, 0.3) is 0 Å². The minimum atomic E-state index is -2.97. The van der Waals surface area contributed by atoms with E-state index in [0.717, 1.165) is 0 Å². The number of amides is 1. The zero-order valence-corrected chi connectivity index (χ0v) is 10.8. The Morgan fingerprint density at radius 2 is 2.05 bits per heavy atom. The number of anilines is 1. The van der Waals surface area contributed by atoms with Gasteiger partial charge >= 0.3 is 6.61 Å². The molecule has 0 bridgehead atoms. The molecule has 2 aromatic rings. The van der Waals surface area contributed by atoms with Crippen LogP contribution in [0.5, 0.6) is 5.75 Å². The normalized spacial score (nSPS) is 10.7. The van der Waals surface area contributed by atoms with Gasteiger partial charge in [0.1, 0.15) is 17.1 Å². The first-order valence-electron chi connectivity index (χ1n) is 5.77. The van der Waals surface area contributed by atoms with E-state index in [1.165, 1.54) is 18.2 Å². The molecule has 20 heavy (non-hydrogen) atoms. The van der Waals surface area contributed by atoms with Gasteiger partial charge in [0.05, 0.1) is 11.4 Å². The number of para-hydroxylation sites is 2. The van der Waals surface area contributed by atoms with Gasteiger partial charge in [-0.25, -0.2) is 0 Å². The molecule has 2 rings (SSSR count). The molecular weight excluding hydrogens is 270 g/mol. The van der Waals surface area contributed by atoms with Gasteiger partial charge in [0, 0.05) is 0 Å². The van der Waals surface area contributed by atoms with Crippen LogP contribution in [-0.4, -0.2) is 17.7 Å². The van der Waals surface area contributed by atoms with E-state index in [0.29, 0.717) is 11.5 Å². The van der Waals surface area contributed by atoms with Gasteiger partial charge in [-0.05, 0) is 26.0 Å². The summed E-state index contributed by atoms with van der Waals surface area (Å²) in [6, 6.07) is 5.94. The van der Waals surface area contributed by atoms with E-state index in [1.54, 1.807) is 19.9 Å². The van der Waals surface area contributed by atoms with Gasteiger partial charge in [-0.15, -0.1) is 0 Å². The maximum atomic E-state index is 12.3. The number of nitrogens with one attached hydrogen (secondary N) is 1. The Morgan fingerprint density at radius 1 is 1.35 bits per heavy atom. The van der Waals surface area contributed by atoms with Crippen LogP contribution in [0.1, 0.15) is 21.8 Å². The Bertz CT molecular complexity index is 606. The van der Waals surface area contributed by atoms with Gasteiger partial charge in [0.25, 0.3) is 5.91 Å². The lowest BCUT2D eigenvalue weighted by atomic mass is 10.2. The van der Waals surface area contributed by atoms with Gasteiger partial charge in [0.2, 0.25) is 0 Å². The minimum absolute atomic E-state index is 0.109.